The lowest BCUT2D eigenvalue weighted by molar-refractivity contribution is 0.740. The zero-order valence-electron chi connectivity index (χ0n) is 15.0. The van der Waals surface area contributed by atoms with E-state index in [0.717, 1.165) is 37.6 Å². The third kappa shape index (κ3) is 5.41. The van der Waals surface area contributed by atoms with E-state index in [1.807, 2.05) is 6.07 Å². The smallest absolute Gasteiger partial charge is 0.224 e. The van der Waals surface area contributed by atoms with Crippen molar-refractivity contribution in [3.05, 3.63) is 36.5 Å². The molecular weight excluding hydrogens is 298 g/mol. The normalized spacial score (nSPS) is 10.5. The Bertz CT molecular complexity index is 593. The Morgan fingerprint density at radius 2 is 1.71 bits per heavy atom. The highest BCUT2D eigenvalue weighted by molar-refractivity contribution is 5.61. The van der Waals surface area contributed by atoms with Crippen molar-refractivity contribution in [3.63, 3.8) is 0 Å². The molecule has 0 atom stereocenters. The van der Waals surface area contributed by atoms with Crippen molar-refractivity contribution in [2.75, 3.05) is 35.2 Å². The van der Waals surface area contributed by atoms with Gasteiger partial charge in [-0.05, 0) is 50.6 Å². The van der Waals surface area contributed by atoms with Gasteiger partial charge in [0, 0.05) is 37.2 Å². The third-order valence-corrected chi connectivity index (χ3v) is 3.99. The quantitative estimate of drug-likeness (QED) is 0.621. The molecule has 1 aromatic heterocycles. The van der Waals surface area contributed by atoms with Crippen LogP contribution in [0.15, 0.2) is 36.5 Å². The summed E-state index contributed by atoms with van der Waals surface area (Å²) in [6.07, 6.45) is 5.36. The molecular formula is C19H29N5. The Labute approximate surface area is 145 Å². The van der Waals surface area contributed by atoms with Crippen LogP contribution in [0.1, 0.15) is 40.0 Å². The first-order valence-electron chi connectivity index (χ1n) is 8.95. The molecule has 0 fully saturated rings. The molecule has 0 spiro atoms. The molecule has 0 aliphatic rings. The predicted molar refractivity (Wildman–Crippen MR) is 103 cm³/mol. The SMILES string of the molecule is CCCCCNc1nccc(Nc2ccc(N(CC)CC)cc2)n1. The average molecular weight is 327 g/mol. The van der Waals surface area contributed by atoms with Crippen LogP contribution in [-0.2, 0) is 0 Å². The first-order valence-corrected chi connectivity index (χ1v) is 8.95. The largest absolute Gasteiger partial charge is 0.372 e. The monoisotopic (exact) mass is 327 g/mol. The number of rotatable bonds is 10. The van der Waals surface area contributed by atoms with Crippen LogP contribution >= 0.6 is 0 Å². The van der Waals surface area contributed by atoms with Crippen LogP contribution in [-0.4, -0.2) is 29.6 Å². The maximum Gasteiger partial charge on any atom is 0.224 e. The van der Waals surface area contributed by atoms with Crippen molar-refractivity contribution in [2.24, 2.45) is 0 Å². The van der Waals surface area contributed by atoms with Gasteiger partial charge < -0.3 is 15.5 Å². The number of hydrogen-bond acceptors (Lipinski definition) is 5. The maximum absolute atomic E-state index is 4.51. The summed E-state index contributed by atoms with van der Waals surface area (Å²) in [7, 11) is 0. The van der Waals surface area contributed by atoms with Gasteiger partial charge >= 0.3 is 0 Å². The molecule has 5 nitrogen and oxygen atoms in total. The third-order valence-electron chi connectivity index (χ3n) is 3.99. The van der Waals surface area contributed by atoms with Gasteiger partial charge in [-0.2, -0.15) is 4.98 Å². The zero-order chi connectivity index (χ0) is 17.2. The van der Waals surface area contributed by atoms with Crippen LogP contribution in [0.3, 0.4) is 0 Å². The average Bonchev–Trinajstić information content (AvgIpc) is 2.62. The molecule has 0 saturated heterocycles. The van der Waals surface area contributed by atoms with Crippen LogP contribution in [0.2, 0.25) is 0 Å². The minimum atomic E-state index is 0.677. The molecule has 0 aliphatic carbocycles. The summed E-state index contributed by atoms with van der Waals surface area (Å²) in [6, 6.07) is 10.3. The first-order chi connectivity index (χ1) is 11.8. The maximum atomic E-state index is 4.51. The first kappa shape index (κ1) is 18.0. The number of aromatic nitrogens is 2. The summed E-state index contributed by atoms with van der Waals surface area (Å²) in [5.74, 6) is 1.48. The molecule has 0 unspecified atom stereocenters. The van der Waals surface area contributed by atoms with E-state index < -0.39 is 0 Å². The van der Waals surface area contributed by atoms with Crippen LogP contribution in [0.25, 0.3) is 0 Å². The van der Waals surface area contributed by atoms with Gasteiger partial charge in [0.2, 0.25) is 5.95 Å². The van der Waals surface area contributed by atoms with Gasteiger partial charge in [-0.3, -0.25) is 0 Å². The molecule has 1 aromatic carbocycles. The summed E-state index contributed by atoms with van der Waals surface area (Å²) >= 11 is 0. The Morgan fingerprint density at radius 1 is 0.958 bits per heavy atom. The van der Waals surface area contributed by atoms with Gasteiger partial charge in [-0.25, -0.2) is 4.98 Å². The molecule has 2 rings (SSSR count). The molecule has 0 saturated carbocycles. The number of hydrogen-bond donors (Lipinski definition) is 2. The van der Waals surface area contributed by atoms with E-state index in [4.69, 9.17) is 0 Å². The van der Waals surface area contributed by atoms with Crippen molar-refractivity contribution < 1.29 is 0 Å². The van der Waals surface area contributed by atoms with Gasteiger partial charge in [-0.15, -0.1) is 0 Å². The van der Waals surface area contributed by atoms with E-state index in [2.05, 4.69) is 70.5 Å². The predicted octanol–water partition coefficient (Wildman–Crippen LogP) is 4.67. The van der Waals surface area contributed by atoms with E-state index in [1.165, 1.54) is 18.5 Å². The molecule has 24 heavy (non-hydrogen) atoms. The lowest BCUT2D eigenvalue weighted by Crippen LogP contribution is -2.21. The standard InChI is InChI=1S/C19H29N5/c1-4-7-8-14-20-19-21-15-13-18(23-19)22-16-9-11-17(12-10-16)24(5-2)6-3/h9-13,15H,4-8,14H2,1-3H3,(H2,20,21,22,23). The summed E-state index contributed by atoms with van der Waals surface area (Å²) < 4.78 is 0. The number of nitrogens with zero attached hydrogens (tertiary/aromatic N) is 3. The van der Waals surface area contributed by atoms with Crippen molar-refractivity contribution in [1.82, 2.24) is 9.97 Å². The van der Waals surface area contributed by atoms with Crippen molar-refractivity contribution >= 4 is 23.1 Å². The topological polar surface area (TPSA) is 53.1 Å². The van der Waals surface area contributed by atoms with Gasteiger partial charge in [0.05, 0.1) is 0 Å². The second kappa shape index (κ2) is 9.75. The second-order valence-corrected chi connectivity index (χ2v) is 5.74. The minimum absolute atomic E-state index is 0.677. The number of benzene rings is 1. The molecule has 0 amide bonds. The fourth-order valence-corrected chi connectivity index (χ4v) is 2.58. The lowest BCUT2D eigenvalue weighted by Gasteiger charge is -2.21. The molecule has 2 N–H and O–H groups in total. The highest BCUT2D eigenvalue weighted by atomic mass is 15.1. The van der Waals surface area contributed by atoms with E-state index in [9.17, 15) is 0 Å². The number of anilines is 4. The second-order valence-electron chi connectivity index (χ2n) is 5.74. The highest BCUT2D eigenvalue weighted by Crippen LogP contribution is 2.20. The van der Waals surface area contributed by atoms with Crippen molar-refractivity contribution in [2.45, 2.75) is 40.0 Å². The molecule has 0 radical (unpaired) electrons. The zero-order valence-corrected chi connectivity index (χ0v) is 15.0. The van der Waals surface area contributed by atoms with E-state index in [-0.39, 0.29) is 0 Å². The van der Waals surface area contributed by atoms with E-state index in [0.29, 0.717) is 5.95 Å². The van der Waals surface area contributed by atoms with Gasteiger partial charge in [0.25, 0.3) is 0 Å². The van der Waals surface area contributed by atoms with Gasteiger partial charge in [-0.1, -0.05) is 19.8 Å². The van der Waals surface area contributed by atoms with Crippen LogP contribution in [0, 0.1) is 0 Å². The molecule has 1 heterocycles. The molecule has 0 aliphatic heterocycles. The summed E-state index contributed by atoms with van der Waals surface area (Å²) in [6.45, 7) is 9.49. The molecule has 130 valence electrons. The summed E-state index contributed by atoms with van der Waals surface area (Å²) in [4.78, 5) is 11.1. The molecule has 2 aromatic rings. The van der Waals surface area contributed by atoms with E-state index >= 15 is 0 Å². The Kier molecular flexibility index (Phi) is 7.33. The van der Waals surface area contributed by atoms with Crippen LogP contribution in [0.5, 0.6) is 0 Å². The summed E-state index contributed by atoms with van der Waals surface area (Å²) in [5, 5.41) is 6.61. The van der Waals surface area contributed by atoms with Crippen LogP contribution < -0.4 is 15.5 Å². The Hall–Kier alpha value is -2.30. The van der Waals surface area contributed by atoms with E-state index in [1.54, 1.807) is 6.20 Å². The summed E-state index contributed by atoms with van der Waals surface area (Å²) in [5.41, 5.74) is 2.27. The van der Waals surface area contributed by atoms with Crippen molar-refractivity contribution in [3.8, 4) is 0 Å². The molecule has 0 bridgehead atoms. The molecule has 5 heteroatoms. The lowest BCUT2D eigenvalue weighted by atomic mass is 10.2. The number of nitrogens with one attached hydrogen (secondary N) is 2. The fraction of sp³-hybridized carbons (Fsp3) is 0.474. The van der Waals surface area contributed by atoms with Crippen LogP contribution in [0.4, 0.5) is 23.1 Å². The van der Waals surface area contributed by atoms with Gasteiger partial charge in [0.15, 0.2) is 0 Å². The Morgan fingerprint density at radius 3 is 2.38 bits per heavy atom. The highest BCUT2D eigenvalue weighted by Gasteiger charge is 2.03. The van der Waals surface area contributed by atoms with Crippen molar-refractivity contribution in [1.29, 1.82) is 0 Å². The number of unbranched alkanes of at least 4 members (excludes halogenated alkanes) is 2. The van der Waals surface area contributed by atoms with Gasteiger partial charge in [0.1, 0.15) is 5.82 Å². The fourth-order valence-electron chi connectivity index (χ4n) is 2.58. The Balaban J connectivity index is 1.95. The minimum Gasteiger partial charge on any atom is -0.372 e.